The van der Waals surface area contributed by atoms with Gasteiger partial charge in [0.05, 0.1) is 13.2 Å². The molecule has 0 radical (unpaired) electrons. The Labute approximate surface area is 186 Å². The van der Waals surface area contributed by atoms with E-state index in [1.807, 2.05) is 0 Å². The second kappa shape index (κ2) is 10.4. The minimum Gasteiger partial charge on any atom is -0.449 e. The van der Waals surface area contributed by atoms with Crippen LogP contribution in [0.25, 0.3) is 0 Å². The molecule has 3 rings (SSSR count). The van der Waals surface area contributed by atoms with Gasteiger partial charge in [-0.15, -0.1) is 0 Å². The van der Waals surface area contributed by atoms with Crippen LogP contribution in [-0.2, 0) is 14.3 Å². The van der Waals surface area contributed by atoms with E-state index in [9.17, 15) is 19.2 Å². The molecule has 0 atom stereocenters. The maximum atomic E-state index is 12.3. The number of benzene rings is 2. The molecule has 1 heterocycles. The van der Waals surface area contributed by atoms with Crippen LogP contribution in [0.2, 0.25) is 0 Å². The highest BCUT2D eigenvalue weighted by atomic mass is 16.6. The summed E-state index contributed by atoms with van der Waals surface area (Å²) in [6.45, 7) is 2.50. The summed E-state index contributed by atoms with van der Waals surface area (Å²) in [5.74, 6) is -0.686. The molecule has 0 unspecified atom stereocenters. The number of nitrogens with zero attached hydrogens (tertiary/aromatic N) is 2. The number of nitrogens with one attached hydrogen (secondary N) is 2. The zero-order valence-electron chi connectivity index (χ0n) is 18.1. The van der Waals surface area contributed by atoms with Gasteiger partial charge in [0, 0.05) is 42.6 Å². The van der Waals surface area contributed by atoms with Gasteiger partial charge < -0.3 is 20.3 Å². The molecule has 9 nitrogen and oxygen atoms in total. The third-order valence-corrected chi connectivity index (χ3v) is 5.00. The monoisotopic (exact) mass is 438 g/mol. The van der Waals surface area contributed by atoms with Crippen LogP contribution in [0.4, 0.5) is 21.9 Å². The molecule has 2 aromatic rings. The number of amides is 4. The lowest BCUT2D eigenvalue weighted by molar-refractivity contribution is -0.117. The molecule has 1 fully saturated rings. The van der Waals surface area contributed by atoms with Crippen LogP contribution in [0.5, 0.6) is 0 Å². The Hall–Kier alpha value is -3.88. The second-order valence-corrected chi connectivity index (χ2v) is 7.23. The van der Waals surface area contributed by atoms with Gasteiger partial charge in [-0.2, -0.15) is 0 Å². The normalized spacial score (nSPS) is 12.9. The standard InChI is InChI=1S/C23H26N4O5/c1-3-32-23(31)26(2)18-12-8-17(9-13-18)25-20(28)15-24-22(30)16-6-10-19(11-7-16)27-14-4-5-21(27)29/h6-13H,3-5,14-15H2,1-2H3,(H,24,30)(H,25,28). The molecular weight excluding hydrogens is 412 g/mol. The molecule has 0 spiro atoms. The quantitative estimate of drug-likeness (QED) is 0.691. The Morgan fingerprint density at radius 1 is 1.06 bits per heavy atom. The van der Waals surface area contributed by atoms with E-state index in [2.05, 4.69) is 10.6 Å². The van der Waals surface area contributed by atoms with Gasteiger partial charge in [0.1, 0.15) is 0 Å². The van der Waals surface area contributed by atoms with Gasteiger partial charge in [-0.3, -0.25) is 19.3 Å². The maximum Gasteiger partial charge on any atom is 0.413 e. The van der Waals surface area contributed by atoms with Crippen LogP contribution in [-0.4, -0.2) is 50.6 Å². The predicted molar refractivity (Wildman–Crippen MR) is 121 cm³/mol. The number of carbonyl (C=O) groups is 4. The molecule has 32 heavy (non-hydrogen) atoms. The number of hydrogen-bond acceptors (Lipinski definition) is 5. The van der Waals surface area contributed by atoms with Crippen LogP contribution in [0.15, 0.2) is 48.5 Å². The Balaban J connectivity index is 1.48. The van der Waals surface area contributed by atoms with Crippen molar-refractivity contribution in [2.75, 3.05) is 41.9 Å². The first kappa shape index (κ1) is 22.8. The minimum atomic E-state index is -0.466. The summed E-state index contributed by atoms with van der Waals surface area (Å²) in [6, 6.07) is 13.4. The highest BCUT2D eigenvalue weighted by molar-refractivity contribution is 6.00. The Bertz CT molecular complexity index is 988. The van der Waals surface area contributed by atoms with E-state index >= 15 is 0 Å². The Kier molecular flexibility index (Phi) is 7.43. The third kappa shape index (κ3) is 5.63. The lowest BCUT2D eigenvalue weighted by Gasteiger charge is -2.17. The van der Waals surface area contributed by atoms with E-state index in [0.717, 1.165) is 12.1 Å². The van der Waals surface area contributed by atoms with Gasteiger partial charge in [-0.25, -0.2) is 4.79 Å². The van der Waals surface area contributed by atoms with E-state index in [1.54, 1.807) is 67.4 Å². The van der Waals surface area contributed by atoms with Gasteiger partial charge in [-0.05, 0) is 61.9 Å². The van der Waals surface area contributed by atoms with Crippen molar-refractivity contribution < 1.29 is 23.9 Å². The fraction of sp³-hybridized carbons (Fsp3) is 0.304. The van der Waals surface area contributed by atoms with Gasteiger partial charge in [0.2, 0.25) is 11.8 Å². The molecule has 0 aromatic heterocycles. The summed E-state index contributed by atoms with van der Waals surface area (Å²) < 4.78 is 4.94. The van der Waals surface area contributed by atoms with E-state index in [1.165, 1.54) is 4.90 Å². The number of ether oxygens (including phenoxy) is 1. The van der Waals surface area contributed by atoms with Crippen LogP contribution in [0.1, 0.15) is 30.1 Å². The number of hydrogen-bond donors (Lipinski definition) is 2. The molecule has 4 amide bonds. The van der Waals surface area contributed by atoms with Crippen LogP contribution < -0.4 is 20.4 Å². The average molecular weight is 438 g/mol. The number of anilines is 3. The first-order valence-electron chi connectivity index (χ1n) is 10.4. The molecule has 0 bridgehead atoms. The molecule has 1 saturated heterocycles. The summed E-state index contributed by atoms with van der Waals surface area (Å²) in [4.78, 5) is 51.1. The second-order valence-electron chi connectivity index (χ2n) is 7.23. The van der Waals surface area contributed by atoms with Crippen molar-refractivity contribution in [2.24, 2.45) is 0 Å². The van der Waals surface area contributed by atoms with E-state index in [-0.39, 0.29) is 30.9 Å². The average Bonchev–Trinajstić information content (AvgIpc) is 3.23. The highest BCUT2D eigenvalue weighted by Crippen LogP contribution is 2.21. The lowest BCUT2D eigenvalue weighted by Crippen LogP contribution is -2.33. The van der Waals surface area contributed by atoms with Crippen LogP contribution in [0, 0.1) is 0 Å². The van der Waals surface area contributed by atoms with Gasteiger partial charge in [-0.1, -0.05) is 0 Å². The van der Waals surface area contributed by atoms with Crippen LogP contribution >= 0.6 is 0 Å². The smallest absolute Gasteiger partial charge is 0.413 e. The van der Waals surface area contributed by atoms with Gasteiger partial charge in [0.15, 0.2) is 0 Å². The topological polar surface area (TPSA) is 108 Å². The number of carbonyl (C=O) groups excluding carboxylic acids is 4. The molecule has 0 aliphatic carbocycles. The Morgan fingerprint density at radius 3 is 2.34 bits per heavy atom. The first-order chi connectivity index (χ1) is 15.4. The molecule has 2 aromatic carbocycles. The molecule has 1 aliphatic rings. The predicted octanol–water partition coefficient (Wildman–Crippen LogP) is 2.77. The van der Waals surface area contributed by atoms with Crippen molar-refractivity contribution in [3.8, 4) is 0 Å². The molecule has 1 aliphatic heterocycles. The summed E-state index contributed by atoms with van der Waals surface area (Å²) in [5.41, 5.74) is 2.32. The molecule has 0 saturated carbocycles. The summed E-state index contributed by atoms with van der Waals surface area (Å²) in [6.07, 6.45) is 0.912. The van der Waals surface area contributed by atoms with Crippen molar-refractivity contribution in [3.63, 3.8) is 0 Å². The largest absolute Gasteiger partial charge is 0.449 e. The SMILES string of the molecule is CCOC(=O)N(C)c1ccc(NC(=O)CNC(=O)c2ccc(N3CCCC3=O)cc2)cc1. The number of rotatable bonds is 7. The van der Waals surface area contributed by atoms with Crippen molar-refractivity contribution in [2.45, 2.75) is 19.8 Å². The fourth-order valence-corrected chi connectivity index (χ4v) is 3.28. The molecule has 168 valence electrons. The van der Waals surface area contributed by atoms with E-state index < -0.39 is 6.09 Å². The van der Waals surface area contributed by atoms with Crippen molar-refractivity contribution in [3.05, 3.63) is 54.1 Å². The zero-order chi connectivity index (χ0) is 23.1. The van der Waals surface area contributed by atoms with E-state index in [0.29, 0.717) is 29.9 Å². The summed E-state index contributed by atoms with van der Waals surface area (Å²) in [5, 5.41) is 5.26. The fourth-order valence-electron chi connectivity index (χ4n) is 3.28. The lowest BCUT2D eigenvalue weighted by atomic mass is 10.2. The van der Waals surface area contributed by atoms with Crippen molar-refractivity contribution >= 4 is 40.9 Å². The van der Waals surface area contributed by atoms with Crippen molar-refractivity contribution in [1.29, 1.82) is 0 Å². The highest BCUT2D eigenvalue weighted by Gasteiger charge is 2.21. The van der Waals surface area contributed by atoms with Crippen LogP contribution in [0.3, 0.4) is 0 Å². The molecule has 9 heteroatoms. The maximum absolute atomic E-state index is 12.3. The Morgan fingerprint density at radius 2 is 1.75 bits per heavy atom. The third-order valence-electron chi connectivity index (χ3n) is 5.00. The minimum absolute atomic E-state index is 0.0828. The van der Waals surface area contributed by atoms with Gasteiger partial charge >= 0.3 is 6.09 Å². The summed E-state index contributed by atoms with van der Waals surface area (Å²) >= 11 is 0. The molecule has 2 N–H and O–H groups in total. The first-order valence-corrected chi connectivity index (χ1v) is 10.4. The van der Waals surface area contributed by atoms with Gasteiger partial charge in [0.25, 0.3) is 5.91 Å². The van der Waals surface area contributed by atoms with Crippen molar-refractivity contribution in [1.82, 2.24) is 5.32 Å². The van der Waals surface area contributed by atoms with E-state index in [4.69, 9.17) is 4.74 Å². The summed E-state index contributed by atoms with van der Waals surface area (Å²) in [7, 11) is 1.59. The molecular formula is C23H26N4O5. The zero-order valence-corrected chi connectivity index (χ0v) is 18.1.